The van der Waals surface area contributed by atoms with Crippen LogP contribution in [0.15, 0.2) is 12.1 Å². The van der Waals surface area contributed by atoms with Gasteiger partial charge in [-0.3, -0.25) is 0 Å². The molecule has 0 unspecified atom stereocenters. The second kappa shape index (κ2) is 8.51. The highest BCUT2D eigenvalue weighted by atomic mass is 16.5. The van der Waals surface area contributed by atoms with Crippen LogP contribution in [0.1, 0.15) is 29.5 Å². The van der Waals surface area contributed by atoms with Gasteiger partial charge in [0.1, 0.15) is 12.4 Å². The van der Waals surface area contributed by atoms with Crippen molar-refractivity contribution in [3.8, 4) is 5.75 Å². The van der Waals surface area contributed by atoms with Gasteiger partial charge in [-0.1, -0.05) is 6.07 Å². The van der Waals surface area contributed by atoms with Gasteiger partial charge < -0.3 is 20.1 Å². The number of hydrogen-bond acceptors (Lipinski definition) is 4. The van der Waals surface area contributed by atoms with Crippen molar-refractivity contribution in [2.24, 2.45) is 5.73 Å². The molecule has 1 aromatic rings. The van der Waals surface area contributed by atoms with Crippen LogP contribution in [-0.2, 0) is 11.2 Å². The lowest BCUT2D eigenvalue weighted by molar-refractivity contribution is 0.146. The quantitative estimate of drug-likeness (QED) is 0.785. The number of hydrogen-bond donors (Lipinski definition) is 1. The summed E-state index contributed by atoms with van der Waals surface area (Å²) in [7, 11) is 1.69. The van der Waals surface area contributed by atoms with Gasteiger partial charge in [0.05, 0.1) is 6.61 Å². The van der Waals surface area contributed by atoms with E-state index >= 15 is 0 Å². The van der Waals surface area contributed by atoms with E-state index in [4.69, 9.17) is 15.2 Å². The van der Waals surface area contributed by atoms with E-state index in [0.29, 0.717) is 19.3 Å². The van der Waals surface area contributed by atoms with Crippen molar-refractivity contribution >= 4 is 0 Å². The van der Waals surface area contributed by atoms with E-state index in [1.54, 1.807) is 7.11 Å². The maximum atomic E-state index is 5.97. The predicted molar refractivity (Wildman–Crippen MR) is 90.6 cm³/mol. The molecule has 1 fully saturated rings. The molecule has 0 saturated carbocycles. The number of methoxy groups -OCH3 is 1. The topological polar surface area (TPSA) is 47.7 Å². The van der Waals surface area contributed by atoms with E-state index in [2.05, 4.69) is 30.9 Å². The van der Waals surface area contributed by atoms with Gasteiger partial charge in [0.25, 0.3) is 0 Å². The lowest BCUT2D eigenvalue weighted by Gasteiger charge is -2.30. The minimum absolute atomic E-state index is 0.406. The van der Waals surface area contributed by atoms with Gasteiger partial charge in [0.15, 0.2) is 0 Å². The Labute approximate surface area is 134 Å². The van der Waals surface area contributed by atoms with Gasteiger partial charge in [-0.25, -0.2) is 0 Å². The van der Waals surface area contributed by atoms with Crippen molar-refractivity contribution in [2.75, 3.05) is 40.0 Å². The first-order valence-electron chi connectivity index (χ1n) is 8.30. The maximum Gasteiger partial charge on any atom is 0.122 e. The first-order valence-corrected chi connectivity index (χ1v) is 8.30. The van der Waals surface area contributed by atoms with Crippen LogP contribution in [0.4, 0.5) is 0 Å². The predicted octanol–water partition coefficient (Wildman–Crippen LogP) is 2.29. The third-order valence-electron chi connectivity index (χ3n) is 4.72. The maximum absolute atomic E-state index is 5.97. The van der Waals surface area contributed by atoms with E-state index in [0.717, 1.165) is 44.6 Å². The van der Waals surface area contributed by atoms with E-state index < -0.39 is 0 Å². The monoisotopic (exact) mass is 306 g/mol. The smallest absolute Gasteiger partial charge is 0.122 e. The highest BCUT2D eigenvalue weighted by Gasteiger charge is 2.16. The molecule has 2 rings (SSSR count). The summed E-state index contributed by atoms with van der Waals surface area (Å²) in [5.41, 5.74) is 9.98. The largest absolute Gasteiger partial charge is 0.491 e. The standard InChI is InChI=1S/C18H30N2O2/c1-14-15(2)18(22-13-12-21-3)5-4-16(14)6-9-20-10-7-17(19)8-11-20/h4-5,17H,6-13,19H2,1-3H3. The first-order chi connectivity index (χ1) is 10.6. The summed E-state index contributed by atoms with van der Waals surface area (Å²) in [5, 5.41) is 0. The Hall–Kier alpha value is -1.10. The van der Waals surface area contributed by atoms with Crippen molar-refractivity contribution in [1.29, 1.82) is 0 Å². The van der Waals surface area contributed by atoms with Crippen LogP contribution < -0.4 is 10.5 Å². The average molecular weight is 306 g/mol. The van der Waals surface area contributed by atoms with Crippen molar-refractivity contribution in [3.63, 3.8) is 0 Å². The molecule has 0 spiro atoms. The molecule has 4 nitrogen and oxygen atoms in total. The van der Waals surface area contributed by atoms with Gasteiger partial charge in [-0.15, -0.1) is 0 Å². The second-order valence-corrected chi connectivity index (χ2v) is 6.24. The number of likely N-dealkylation sites (tertiary alicyclic amines) is 1. The third kappa shape index (κ3) is 4.70. The Morgan fingerprint density at radius 2 is 1.86 bits per heavy atom. The second-order valence-electron chi connectivity index (χ2n) is 6.24. The fraction of sp³-hybridized carbons (Fsp3) is 0.667. The Morgan fingerprint density at radius 3 is 2.55 bits per heavy atom. The number of nitrogens with two attached hydrogens (primary N) is 1. The first kappa shape index (κ1) is 17.3. The number of nitrogens with zero attached hydrogens (tertiary/aromatic N) is 1. The van der Waals surface area contributed by atoms with E-state index in [1.165, 1.54) is 16.7 Å². The number of piperidine rings is 1. The molecule has 0 bridgehead atoms. The molecule has 4 heteroatoms. The minimum atomic E-state index is 0.406. The summed E-state index contributed by atoms with van der Waals surface area (Å²) in [6.07, 6.45) is 3.36. The molecule has 0 aromatic heterocycles. The Morgan fingerprint density at radius 1 is 1.14 bits per heavy atom. The molecule has 1 aliphatic rings. The van der Waals surface area contributed by atoms with Crippen LogP contribution in [0.2, 0.25) is 0 Å². The lowest BCUT2D eigenvalue weighted by atomic mass is 9.99. The Kier molecular flexibility index (Phi) is 6.68. The number of rotatable bonds is 7. The van der Waals surface area contributed by atoms with Crippen LogP contribution in [0, 0.1) is 13.8 Å². The molecule has 1 aliphatic heterocycles. The fourth-order valence-corrected chi connectivity index (χ4v) is 2.97. The van der Waals surface area contributed by atoms with E-state index in [1.807, 2.05) is 0 Å². The van der Waals surface area contributed by atoms with Crippen molar-refractivity contribution in [1.82, 2.24) is 4.90 Å². The summed E-state index contributed by atoms with van der Waals surface area (Å²) < 4.78 is 10.8. The van der Waals surface area contributed by atoms with Crippen molar-refractivity contribution in [2.45, 2.75) is 39.2 Å². The minimum Gasteiger partial charge on any atom is -0.491 e. The number of benzene rings is 1. The van der Waals surface area contributed by atoms with E-state index in [-0.39, 0.29) is 0 Å². The van der Waals surface area contributed by atoms with Gasteiger partial charge >= 0.3 is 0 Å². The molecule has 22 heavy (non-hydrogen) atoms. The van der Waals surface area contributed by atoms with Gasteiger partial charge in [0.2, 0.25) is 0 Å². The zero-order valence-corrected chi connectivity index (χ0v) is 14.2. The van der Waals surface area contributed by atoms with Crippen molar-refractivity contribution in [3.05, 3.63) is 28.8 Å². The van der Waals surface area contributed by atoms with Gasteiger partial charge in [0, 0.05) is 19.7 Å². The van der Waals surface area contributed by atoms with Gasteiger partial charge in [-0.2, -0.15) is 0 Å². The highest BCUT2D eigenvalue weighted by molar-refractivity contribution is 5.43. The highest BCUT2D eigenvalue weighted by Crippen LogP contribution is 2.25. The molecule has 0 atom stereocenters. The third-order valence-corrected chi connectivity index (χ3v) is 4.72. The average Bonchev–Trinajstić information content (AvgIpc) is 2.52. The van der Waals surface area contributed by atoms with Crippen LogP contribution >= 0.6 is 0 Å². The Balaban J connectivity index is 1.90. The summed E-state index contributed by atoms with van der Waals surface area (Å²) in [6.45, 7) is 8.95. The molecule has 0 amide bonds. The normalized spacial score (nSPS) is 16.9. The number of ether oxygens (including phenoxy) is 2. The van der Waals surface area contributed by atoms with Crippen molar-refractivity contribution < 1.29 is 9.47 Å². The SMILES string of the molecule is COCCOc1ccc(CCN2CCC(N)CC2)c(C)c1C. The van der Waals surface area contributed by atoms with Gasteiger partial charge in [-0.05, 0) is 69.0 Å². The summed E-state index contributed by atoms with van der Waals surface area (Å²) in [5.74, 6) is 0.974. The van der Waals surface area contributed by atoms with Crippen LogP contribution in [0.5, 0.6) is 5.75 Å². The van der Waals surface area contributed by atoms with E-state index in [9.17, 15) is 0 Å². The molecular formula is C18H30N2O2. The molecule has 0 aliphatic carbocycles. The fourth-order valence-electron chi connectivity index (χ4n) is 2.97. The molecule has 1 saturated heterocycles. The zero-order valence-electron chi connectivity index (χ0n) is 14.2. The molecule has 0 radical (unpaired) electrons. The zero-order chi connectivity index (χ0) is 15.9. The summed E-state index contributed by atoms with van der Waals surface area (Å²) in [4.78, 5) is 2.53. The molecule has 1 heterocycles. The van der Waals surface area contributed by atoms with Crippen LogP contribution in [0.3, 0.4) is 0 Å². The summed E-state index contributed by atoms with van der Waals surface area (Å²) in [6, 6.07) is 4.71. The van der Waals surface area contributed by atoms with Crippen LogP contribution in [-0.4, -0.2) is 50.9 Å². The van der Waals surface area contributed by atoms with Crippen LogP contribution in [0.25, 0.3) is 0 Å². The molecular weight excluding hydrogens is 276 g/mol. The lowest BCUT2D eigenvalue weighted by Crippen LogP contribution is -2.40. The Bertz CT molecular complexity index is 468. The summed E-state index contributed by atoms with van der Waals surface area (Å²) >= 11 is 0. The molecule has 2 N–H and O–H groups in total. The molecule has 124 valence electrons. The molecule has 1 aromatic carbocycles.